The van der Waals surface area contributed by atoms with Crippen LogP contribution in [-0.2, 0) is 6.61 Å². The molecule has 86 valence electrons. The van der Waals surface area contributed by atoms with Gasteiger partial charge < -0.3 is 9.52 Å². The highest BCUT2D eigenvalue weighted by Crippen LogP contribution is 2.23. The first kappa shape index (κ1) is 10.6. The lowest BCUT2D eigenvalue weighted by molar-refractivity contribution is 0.282. The molecule has 17 heavy (non-hydrogen) atoms. The van der Waals surface area contributed by atoms with Gasteiger partial charge in [0.2, 0.25) is 5.88 Å². The van der Waals surface area contributed by atoms with Crippen molar-refractivity contribution in [3.8, 4) is 5.88 Å². The third-order valence-corrected chi connectivity index (χ3v) is 3.02. The third kappa shape index (κ3) is 1.77. The van der Waals surface area contributed by atoms with Crippen LogP contribution in [0.15, 0.2) is 45.7 Å². The molecule has 3 rings (SSSR count). The van der Waals surface area contributed by atoms with E-state index in [2.05, 4.69) is 20.9 Å². The van der Waals surface area contributed by atoms with E-state index in [9.17, 15) is 0 Å². The zero-order chi connectivity index (χ0) is 11.8. The molecule has 0 saturated heterocycles. The molecular weight excluding hydrogens is 284 g/mol. The van der Waals surface area contributed by atoms with Crippen molar-refractivity contribution in [2.24, 2.45) is 0 Å². The van der Waals surface area contributed by atoms with Gasteiger partial charge in [-0.25, -0.2) is 4.98 Å². The highest BCUT2D eigenvalue weighted by molar-refractivity contribution is 9.10. The van der Waals surface area contributed by atoms with Crippen molar-refractivity contribution in [1.29, 1.82) is 0 Å². The van der Waals surface area contributed by atoms with E-state index in [1.54, 1.807) is 6.33 Å². The number of aliphatic hydroxyl groups excluding tert-OH is 1. The highest BCUT2D eigenvalue weighted by Gasteiger charge is 2.08. The molecule has 2 heterocycles. The summed E-state index contributed by atoms with van der Waals surface area (Å²) in [6, 6.07) is 9.36. The molecule has 0 amide bonds. The van der Waals surface area contributed by atoms with Gasteiger partial charge in [-0.15, -0.1) is 0 Å². The van der Waals surface area contributed by atoms with E-state index in [1.807, 2.05) is 34.9 Å². The van der Waals surface area contributed by atoms with Crippen molar-refractivity contribution in [1.82, 2.24) is 9.55 Å². The number of aliphatic hydroxyl groups is 1. The predicted octanol–water partition coefficient (Wildman–Crippen LogP) is 2.87. The number of benzene rings is 1. The molecule has 0 saturated carbocycles. The lowest BCUT2D eigenvalue weighted by Crippen LogP contribution is -1.89. The summed E-state index contributed by atoms with van der Waals surface area (Å²) in [6.07, 6.45) is 1.71. The summed E-state index contributed by atoms with van der Waals surface area (Å²) in [5.41, 5.74) is 2.64. The summed E-state index contributed by atoms with van der Waals surface area (Å²) >= 11 is 3.27. The molecule has 0 aliphatic rings. The van der Waals surface area contributed by atoms with Gasteiger partial charge in [-0.05, 0) is 39.7 Å². The lowest BCUT2D eigenvalue weighted by Gasteiger charge is -2.00. The average Bonchev–Trinajstić information content (AvgIpc) is 2.93. The van der Waals surface area contributed by atoms with E-state index in [0.717, 1.165) is 16.6 Å². The first-order chi connectivity index (χ1) is 8.28. The van der Waals surface area contributed by atoms with Crippen molar-refractivity contribution in [2.45, 2.75) is 6.61 Å². The number of hydrogen-bond donors (Lipinski definition) is 1. The number of hydrogen-bond acceptors (Lipinski definition) is 3. The highest BCUT2D eigenvalue weighted by atomic mass is 79.9. The molecule has 1 aromatic carbocycles. The van der Waals surface area contributed by atoms with Gasteiger partial charge in [-0.3, -0.25) is 4.57 Å². The van der Waals surface area contributed by atoms with Gasteiger partial charge in [0, 0.05) is 6.07 Å². The van der Waals surface area contributed by atoms with E-state index < -0.39 is 0 Å². The molecule has 4 nitrogen and oxygen atoms in total. The maximum Gasteiger partial charge on any atom is 0.206 e. The molecule has 1 N–H and O–H groups in total. The van der Waals surface area contributed by atoms with Crippen molar-refractivity contribution in [2.75, 3.05) is 0 Å². The lowest BCUT2D eigenvalue weighted by atomic mass is 10.2. The van der Waals surface area contributed by atoms with Crippen molar-refractivity contribution in [3.63, 3.8) is 0 Å². The number of halogens is 1. The van der Waals surface area contributed by atoms with Crippen LogP contribution in [0.1, 0.15) is 5.56 Å². The molecule has 3 aromatic rings. The minimum Gasteiger partial charge on any atom is -0.433 e. The maximum absolute atomic E-state index is 9.06. The Hall–Kier alpha value is -1.59. The van der Waals surface area contributed by atoms with Crippen LogP contribution in [0.3, 0.4) is 0 Å². The Balaban J connectivity index is 2.18. The van der Waals surface area contributed by atoms with E-state index in [4.69, 9.17) is 9.52 Å². The number of nitrogens with zero attached hydrogens (tertiary/aromatic N) is 2. The molecule has 2 aromatic heterocycles. The second kappa shape index (κ2) is 4.01. The largest absolute Gasteiger partial charge is 0.433 e. The normalized spacial score (nSPS) is 11.2. The Kier molecular flexibility index (Phi) is 2.49. The van der Waals surface area contributed by atoms with Crippen LogP contribution in [0.5, 0.6) is 0 Å². The molecule has 0 atom stereocenters. The smallest absolute Gasteiger partial charge is 0.206 e. The summed E-state index contributed by atoms with van der Waals surface area (Å²) in [5.74, 6) is 0.705. The van der Waals surface area contributed by atoms with Gasteiger partial charge >= 0.3 is 0 Å². The van der Waals surface area contributed by atoms with Crippen molar-refractivity contribution >= 4 is 27.0 Å². The molecule has 0 radical (unpaired) electrons. The van der Waals surface area contributed by atoms with E-state index in [1.165, 1.54) is 0 Å². The van der Waals surface area contributed by atoms with Gasteiger partial charge in [-0.2, -0.15) is 0 Å². The number of furan rings is 1. The first-order valence-electron chi connectivity index (χ1n) is 5.10. The second-order valence-electron chi connectivity index (χ2n) is 3.67. The van der Waals surface area contributed by atoms with Crippen LogP contribution in [-0.4, -0.2) is 14.7 Å². The monoisotopic (exact) mass is 292 g/mol. The van der Waals surface area contributed by atoms with Crippen LogP contribution in [0.25, 0.3) is 16.9 Å². The fourth-order valence-electron chi connectivity index (χ4n) is 1.77. The maximum atomic E-state index is 9.06. The SMILES string of the molecule is OCc1ccc2c(c1)ncn2-c1ccc(Br)o1. The molecule has 0 fully saturated rings. The quantitative estimate of drug-likeness (QED) is 0.790. The van der Waals surface area contributed by atoms with Crippen LogP contribution in [0, 0.1) is 0 Å². The summed E-state index contributed by atoms with van der Waals surface area (Å²) < 4.78 is 8.03. The molecule has 5 heteroatoms. The summed E-state index contributed by atoms with van der Waals surface area (Å²) in [6.45, 7) is 0.0229. The Bertz CT molecular complexity index is 672. The van der Waals surface area contributed by atoms with E-state index in [0.29, 0.717) is 10.6 Å². The summed E-state index contributed by atoms with van der Waals surface area (Å²) in [4.78, 5) is 4.29. The first-order valence-corrected chi connectivity index (χ1v) is 5.90. The van der Waals surface area contributed by atoms with Crippen LogP contribution >= 0.6 is 15.9 Å². The van der Waals surface area contributed by atoms with Crippen LogP contribution < -0.4 is 0 Å². The molecule has 0 spiro atoms. The molecule has 0 aliphatic heterocycles. The molecular formula is C12H9BrN2O2. The summed E-state index contributed by atoms with van der Waals surface area (Å²) in [5, 5.41) is 9.06. The molecule has 0 unspecified atom stereocenters. The van der Waals surface area contributed by atoms with Crippen molar-refractivity contribution < 1.29 is 9.52 Å². The van der Waals surface area contributed by atoms with Crippen LogP contribution in [0.4, 0.5) is 0 Å². The topological polar surface area (TPSA) is 51.2 Å². The van der Waals surface area contributed by atoms with Gasteiger partial charge in [0.05, 0.1) is 17.6 Å². The minimum atomic E-state index is 0.0229. The van der Waals surface area contributed by atoms with Gasteiger partial charge in [0.25, 0.3) is 0 Å². The number of aromatic nitrogens is 2. The van der Waals surface area contributed by atoms with E-state index >= 15 is 0 Å². The standard InChI is InChI=1S/C12H9BrN2O2/c13-11-3-4-12(17-11)15-7-14-9-5-8(6-16)1-2-10(9)15/h1-5,7,16H,6H2. The van der Waals surface area contributed by atoms with Gasteiger partial charge in [0.1, 0.15) is 6.33 Å². The van der Waals surface area contributed by atoms with Crippen molar-refractivity contribution in [3.05, 3.63) is 46.9 Å². The Morgan fingerprint density at radius 1 is 1.29 bits per heavy atom. The predicted molar refractivity (Wildman–Crippen MR) is 67.0 cm³/mol. The van der Waals surface area contributed by atoms with E-state index in [-0.39, 0.29) is 6.61 Å². The summed E-state index contributed by atoms with van der Waals surface area (Å²) in [7, 11) is 0. The third-order valence-electron chi connectivity index (χ3n) is 2.59. The number of fused-ring (bicyclic) bond motifs is 1. The van der Waals surface area contributed by atoms with Crippen LogP contribution in [0.2, 0.25) is 0 Å². The second-order valence-corrected chi connectivity index (χ2v) is 4.46. The zero-order valence-corrected chi connectivity index (χ0v) is 10.4. The Morgan fingerprint density at radius 2 is 2.18 bits per heavy atom. The fraction of sp³-hybridized carbons (Fsp3) is 0.0833. The number of imidazole rings is 1. The fourth-order valence-corrected chi connectivity index (χ4v) is 2.06. The minimum absolute atomic E-state index is 0.0229. The number of rotatable bonds is 2. The average molecular weight is 293 g/mol. The zero-order valence-electron chi connectivity index (χ0n) is 8.80. The Labute approximate surface area is 106 Å². The Morgan fingerprint density at radius 3 is 2.88 bits per heavy atom. The van der Waals surface area contributed by atoms with Gasteiger partial charge in [0.15, 0.2) is 4.67 Å². The van der Waals surface area contributed by atoms with Gasteiger partial charge in [-0.1, -0.05) is 6.07 Å². The molecule has 0 aliphatic carbocycles. The molecule has 0 bridgehead atoms.